The first-order chi connectivity index (χ1) is 11.7. The van der Waals surface area contributed by atoms with Crippen molar-refractivity contribution in [3.8, 4) is 5.75 Å². The van der Waals surface area contributed by atoms with Crippen LogP contribution in [-0.4, -0.2) is 19.7 Å². The lowest BCUT2D eigenvalue weighted by Gasteiger charge is -2.50. The molecule has 1 aromatic rings. The third-order valence-corrected chi connectivity index (χ3v) is 6.06. The van der Waals surface area contributed by atoms with Gasteiger partial charge in [-0.3, -0.25) is 4.79 Å². The van der Waals surface area contributed by atoms with Gasteiger partial charge in [0.25, 0.3) is 0 Å². The predicted octanol–water partition coefficient (Wildman–Crippen LogP) is 5.09. The Bertz CT molecular complexity index is 533. The summed E-state index contributed by atoms with van der Waals surface area (Å²) in [6, 6.07) is 8.71. The number of ether oxygens (including phenoxy) is 2. The van der Waals surface area contributed by atoms with Crippen LogP contribution in [0.15, 0.2) is 24.3 Å². The minimum absolute atomic E-state index is 0.0126. The number of unbranched alkanes of at least 4 members (excludes halogenated alkanes) is 1. The molecule has 1 aromatic carbocycles. The van der Waals surface area contributed by atoms with Gasteiger partial charge in [0.15, 0.2) is 0 Å². The smallest absolute Gasteiger partial charge is 0.308 e. The van der Waals surface area contributed by atoms with Gasteiger partial charge >= 0.3 is 5.97 Å². The quantitative estimate of drug-likeness (QED) is 0.538. The monoisotopic (exact) mass is 330 g/mol. The fourth-order valence-corrected chi connectivity index (χ4v) is 4.46. The number of rotatable bonds is 6. The van der Waals surface area contributed by atoms with E-state index < -0.39 is 0 Å². The molecule has 0 radical (unpaired) electrons. The van der Waals surface area contributed by atoms with Crippen molar-refractivity contribution in [3.63, 3.8) is 0 Å². The number of methoxy groups -OCH3 is 1. The fraction of sp³-hybridized carbons (Fsp3) is 0.667. The number of hydrogen-bond acceptors (Lipinski definition) is 3. The Balaban J connectivity index is 1.48. The third kappa shape index (κ3) is 3.76. The summed E-state index contributed by atoms with van der Waals surface area (Å²) in [4.78, 5) is 11.6. The molecule has 0 heterocycles. The van der Waals surface area contributed by atoms with Crippen LogP contribution in [0, 0.1) is 11.3 Å². The van der Waals surface area contributed by atoms with Crippen molar-refractivity contribution in [2.75, 3.05) is 13.7 Å². The highest BCUT2D eigenvalue weighted by Gasteiger charge is 2.49. The van der Waals surface area contributed by atoms with E-state index in [2.05, 4.69) is 31.2 Å². The van der Waals surface area contributed by atoms with Gasteiger partial charge in [-0.25, -0.2) is 0 Å². The lowest BCUT2D eigenvalue weighted by molar-refractivity contribution is -0.155. The molecule has 0 unspecified atom stereocenters. The van der Waals surface area contributed by atoms with E-state index in [0.717, 1.165) is 31.6 Å². The van der Waals surface area contributed by atoms with Crippen LogP contribution in [0.4, 0.5) is 0 Å². The Morgan fingerprint density at radius 3 is 2.42 bits per heavy atom. The highest BCUT2D eigenvalue weighted by atomic mass is 16.5. The van der Waals surface area contributed by atoms with E-state index in [9.17, 15) is 4.79 Å². The maximum absolute atomic E-state index is 11.6. The second kappa shape index (κ2) is 7.58. The van der Waals surface area contributed by atoms with Crippen molar-refractivity contribution in [1.29, 1.82) is 0 Å². The first-order valence-electron chi connectivity index (χ1n) is 9.46. The molecule has 3 rings (SSSR count). The summed E-state index contributed by atoms with van der Waals surface area (Å²) < 4.78 is 10.6. The van der Waals surface area contributed by atoms with Gasteiger partial charge in [-0.15, -0.1) is 0 Å². The minimum atomic E-state index is -0.0126. The zero-order chi connectivity index (χ0) is 17.0. The molecule has 0 amide bonds. The summed E-state index contributed by atoms with van der Waals surface area (Å²) in [5.74, 6) is 1.80. The molecule has 2 fully saturated rings. The first-order valence-corrected chi connectivity index (χ1v) is 9.46. The Morgan fingerprint density at radius 2 is 1.83 bits per heavy atom. The van der Waals surface area contributed by atoms with Gasteiger partial charge in [0.2, 0.25) is 0 Å². The van der Waals surface area contributed by atoms with E-state index in [-0.39, 0.29) is 11.9 Å². The van der Waals surface area contributed by atoms with Crippen molar-refractivity contribution < 1.29 is 14.3 Å². The maximum atomic E-state index is 11.6. The van der Waals surface area contributed by atoms with E-state index in [1.54, 1.807) is 0 Å². The largest absolute Gasteiger partial charge is 0.494 e. The fourth-order valence-electron chi connectivity index (χ4n) is 4.46. The zero-order valence-corrected chi connectivity index (χ0v) is 15.1. The molecule has 3 heteroatoms. The molecule has 3 nitrogen and oxygen atoms in total. The van der Waals surface area contributed by atoms with Crippen molar-refractivity contribution >= 4 is 5.97 Å². The average molecular weight is 330 g/mol. The molecule has 2 aliphatic rings. The zero-order valence-electron chi connectivity index (χ0n) is 15.1. The molecule has 24 heavy (non-hydrogen) atoms. The number of hydrogen-bond donors (Lipinski definition) is 0. The lowest BCUT2D eigenvalue weighted by Crippen LogP contribution is -2.43. The van der Waals surface area contributed by atoms with E-state index in [4.69, 9.17) is 9.47 Å². The van der Waals surface area contributed by atoms with Crippen molar-refractivity contribution in [1.82, 2.24) is 0 Å². The van der Waals surface area contributed by atoms with Crippen LogP contribution >= 0.6 is 0 Å². The van der Waals surface area contributed by atoms with Crippen LogP contribution in [-0.2, 0) is 9.53 Å². The van der Waals surface area contributed by atoms with Crippen LogP contribution in [0.5, 0.6) is 5.75 Å². The number of carbonyl (C=O) groups is 1. The van der Waals surface area contributed by atoms with Gasteiger partial charge in [-0.05, 0) is 74.0 Å². The van der Waals surface area contributed by atoms with Crippen LogP contribution in [0.1, 0.15) is 69.8 Å². The highest BCUT2D eigenvalue weighted by molar-refractivity contribution is 5.73. The molecule has 0 saturated heterocycles. The summed E-state index contributed by atoms with van der Waals surface area (Å²) in [5, 5.41) is 0. The van der Waals surface area contributed by atoms with Gasteiger partial charge in [0.05, 0.1) is 19.6 Å². The molecule has 2 aliphatic carbocycles. The molecule has 0 N–H and O–H groups in total. The molecule has 0 aromatic heterocycles. The maximum Gasteiger partial charge on any atom is 0.308 e. The second-order valence-corrected chi connectivity index (χ2v) is 7.67. The van der Waals surface area contributed by atoms with Crippen molar-refractivity contribution in [2.45, 2.75) is 64.2 Å². The molecule has 132 valence electrons. The van der Waals surface area contributed by atoms with Crippen LogP contribution in [0.3, 0.4) is 0 Å². The lowest BCUT2D eigenvalue weighted by atomic mass is 9.54. The number of benzene rings is 1. The Labute approximate surface area is 145 Å². The first kappa shape index (κ1) is 17.3. The standard InChI is InChI=1S/C21H30O3/c1-3-4-13-24-19-7-5-16(6-8-19)17-9-11-21(12-10-17)14-18(15-21)20(22)23-2/h5-8,17-18H,3-4,9-15H2,1-2H3. The van der Waals surface area contributed by atoms with E-state index in [0.29, 0.717) is 11.3 Å². The Morgan fingerprint density at radius 1 is 1.17 bits per heavy atom. The molecule has 0 atom stereocenters. The van der Waals surface area contributed by atoms with Crippen LogP contribution in [0.25, 0.3) is 0 Å². The molecule has 0 bridgehead atoms. The van der Waals surface area contributed by atoms with Crippen molar-refractivity contribution in [3.05, 3.63) is 29.8 Å². The number of carbonyl (C=O) groups excluding carboxylic acids is 1. The minimum Gasteiger partial charge on any atom is -0.494 e. The summed E-state index contributed by atoms with van der Waals surface area (Å²) >= 11 is 0. The topological polar surface area (TPSA) is 35.5 Å². The molecular weight excluding hydrogens is 300 g/mol. The van der Waals surface area contributed by atoms with E-state index in [1.807, 2.05) is 0 Å². The summed E-state index contributed by atoms with van der Waals surface area (Å²) in [6.07, 6.45) is 9.33. The van der Waals surface area contributed by atoms with Gasteiger partial charge < -0.3 is 9.47 Å². The van der Waals surface area contributed by atoms with Gasteiger partial charge in [0.1, 0.15) is 5.75 Å². The van der Waals surface area contributed by atoms with Crippen LogP contribution in [0.2, 0.25) is 0 Å². The average Bonchev–Trinajstić information content (AvgIpc) is 2.60. The Hall–Kier alpha value is -1.51. The van der Waals surface area contributed by atoms with E-state index >= 15 is 0 Å². The van der Waals surface area contributed by atoms with Crippen LogP contribution < -0.4 is 4.74 Å². The third-order valence-electron chi connectivity index (χ3n) is 6.06. The van der Waals surface area contributed by atoms with Gasteiger partial charge in [-0.1, -0.05) is 25.5 Å². The molecule has 0 aliphatic heterocycles. The van der Waals surface area contributed by atoms with E-state index in [1.165, 1.54) is 44.8 Å². The van der Waals surface area contributed by atoms with Gasteiger partial charge in [-0.2, -0.15) is 0 Å². The second-order valence-electron chi connectivity index (χ2n) is 7.67. The number of esters is 1. The normalized spacial score (nSPS) is 29.1. The summed E-state index contributed by atoms with van der Waals surface area (Å²) in [5.41, 5.74) is 1.87. The Kier molecular flexibility index (Phi) is 5.47. The summed E-state index contributed by atoms with van der Waals surface area (Å²) in [6.45, 7) is 2.99. The summed E-state index contributed by atoms with van der Waals surface area (Å²) in [7, 11) is 1.50. The van der Waals surface area contributed by atoms with Crippen molar-refractivity contribution in [2.24, 2.45) is 11.3 Å². The predicted molar refractivity (Wildman–Crippen MR) is 95.2 cm³/mol. The molecule has 1 spiro atoms. The SMILES string of the molecule is CCCCOc1ccc(C2CCC3(CC2)CC(C(=O)OC)C3)cc1. The molecular formula is C21H30O3. The van der Waals surface area contributed by atoms with Gasteiger partial charge in [0, 0.05) is 0 Å². The molecule has 2 saturated carbocycles. The highest BCUT2D eigenvalue weighted by Crippen LogP contribution is 2.57.